The number of nitrogens with zero attached hydrogens (tertiary/aromatic N) is 2. The van der Waals surface area contributed by atoms with Crippen LogP contribution in [0.1, 0.15) is 22.7 Å². The van der Waals surface area contributed by atoms with Crippen LogP contribution in [0.5, 0.6) is 0 Å². The first-order valence-corrected chi connectivity index (χ1v) is 10.5. The van der Waals surface area contributed by atoms with E-state index in [2.05, 4.69) is 38.9 Å². The highest BCUT2D eigenvalue weighted by atomic mass is 32.1. The molecule has 1 atom stereocenters. The van der Waals surface area contributed by atoms with Crippen LogP contribution in [0.15, 0.2) is 35.0 Å². The molecular formula is C21H28N4O2S. The summed E-state index contributed by atoms with van der Waals surface area (Å²) in [7, 11) is 2.12. The molecule has 1 saturated heterocycles. The normalized spacial score (nSPS) is 16.5. The van der Waals surface area contributed by atoms with Crippen molar-refractivity contribution >= 4 is 28.8 Å². The molecular weight excluding hydrogens is 372 g/mol. The van der Waals surface area contributed by atoms with Gasteiger partial charge in [-0.1, -0.05) is 17.7 Å². The van der Waals surface area contributed by atoms with Gasteiger partial charge in [0.25, 0.3) is 0 Å². The molecule has 0 saturated carbocycles. The topological polar surface area (TPSA) is 64.7 Å². The number of anilines is 1. The second kappa shape index (κ2) is 9.32. The Morgan fingerprint density at radius 3 is 2.50 bits per heavy atom. The van der Waals surface area contributed by atoms with Crippen molar-refractivity contribution in [3.05, 3.63) is 51.7 Å². The highest BCUT2D eigenvalue weighted by molar-refractivity contribution is 7.08. The maximum absolute atomic E-state index is 12.4. The summed E-state index contributed by atoms with van der Waals surface area (Å²) in [6.45, 7) is 8.22. The SMILES string of the molecule is Cc1ccc(NC(=O)C(=O)NCC(c2ccsc2)N2CCN(C)CC2)c(C)c1. The Bertz CT molecular complexity index is 814. The zero-order valence-electron chi connectivity index (χ0n) is 16.7. The molecule has 2 aromatic rings. The van der Waals surface area contributed by atoms with E-state index < -0.39 is 11.8 Å². The van der Waals surface area contributed by atoms with E-state index >= 15 is 0 Å². The van der Waals surface area contributed by atoms with E-state index in [1.807, 2.05) is 37.4 Å². The van der Waals surface area contributed by atoms with Gasteiger partial charge in [-0.3, -0.25) is 14.5 Å². The average Bonchev–Trinajstić information content (AvgIpc) is 3.19. The van der Waals surface area contributed by atoms with Crippen molar-refractivity contribution in [2.24, 2.45) is 0 Å². The standard InChI is InChI=1S/C21H28N4O2S/c1-15-4-5-18(16(2)12-15)23-21(27)20(26)22-13-19(17-6-11-28-14-17)25-9-7-24(3)8-10-25/h4-6,11-12,14,19H,7-10,13H2,1-3H3,(H,22,26)(H,23,27). The van der Waals surface area contributed by atoms with Gasteiger partial charge in [0.15, 0.2) is 0 Å². The van der Waals surface area contributed by atoms with Crippen molar-refractivity contribution in [2.75, 3.05) is 45.1 Å². The Kier molecular flexibility index (Phi) is 6.83. The number of piperazine rings is 1. The molecule has 1 fully saturated rings. The van der Waals surface area contributed by atoms with E-state index in [1.165, 1.54) is 5.56 Å². The summed E-state index contributed by atoms with van der Waals surface area (Å²) < 4.78 is 0. The van der Waals surface area contributed by atoms with E-state index in [0.29, 0.717) is 12.2 Å². The van der Waals surface area contributed by atoms with Gasteiger partial charge in [0.05, 0.1) is 6.04 Å². The highest BCUT2D eigenvalue weighted by Crippen LogP contribution is 2.23. The second-order valence-electron chi connectivity index (χ2n) is 7.39. The summed E-state index contributed by atoms with van der Waals surface area (Å²) in [6, 6.07) is 7.90. The molecule has 2 N–H and O–H groups in total. The molecule has 2 heterocycles. The number of benzene rings is 1. The Balaban J connectivity index is 1.60. The largest absolute Gasteiger partial charge is 0.346 e. The number of hydrogen-bond donors (Lipinski definition) is 2. The number of carbonyl (C=O) groups is 2. The van der Waals surface area contributed by atoms with Crippen molar-refractivity contribution in [3.8, 4) is 0 Å². The zero-order chi connectivity index (χ0) is 20.1. The van der Waals surface area contributed by atoms with Crippen LogP contribution in [0.3, 0.4) is 0 Å². The molecule has 0 aliphatic carbocycles. The third kappa shape index (κ3) is 5.19. The van der Waals surface area contributed by atoms with Gasteiger partial charge in [-0.05, 0) is 54.9 Å². The molecule has 1 unspecified atom stereocenters. The molecule has 0 radical (unpaired) electrons. The van der Waals surface area contributed by atoms with Gasteiger partial charge in [0, 0.05) is 38.4 Å². The number of nitrogens with one attached hydrogen (secondary N) is 2. The number of thiophene rings is 1. The van der Waals surface area contributed by atoms with Crippen LogP contribution < -0.4 is 10.6 Å². The Morgan fingerprint density at radius 1 is 1.11 bits per heavy atom. The first-order chi connectivity index (χ1) is 13.4. The minimum atomic E-state index is -0.630. The molecule has 1 aliphatic rings. The van der Waals surface area contributed by atoms with Gasteiger partial charge in [-0.15, -0.1) is 0 Å². The first kappa shape index (κ1) is 20.5. The van der Waals surface area contributed by atoms with E-state index in [1.54, 1.807) is 11.3 Å². The van der Waals surface area contributed by atoms with Gasteiger partial charge >= 0.3 is 11.8 Å². The number of aryl methyl sites for hydroxylation is 2. The summed E-state index contributed by atoms with van der Waals surface area (Å²) in [5.41, 5.74) is 3.91. The summed E-state index contributed by atoms with van der Waals surface area (Å²) in [4.78, 5) is 29.4. The molecule has 28 heavy (non-hydrogen) atoms. The lowest BCUT2D eigenvalue weighted by Crippen LogP contribution is -2.49. The summed E-state index contributed by atoms with van der Waals surface area (Å²) in [6.07, 6.45) is 0. The van der Waals surface area contributed by atoms with Crippen molar-refractivity contribution < 1.29 is 9.59 Å². The van der Waals surface area contributed by atoms with Crippen LogP contribution in [0.2, 0.25) is 0 Å². The number of rotatable bonds is 5. The maximum atomic E-state index is 12.4. The van der Waals surface area contributed by atoms with Crippen LogP contribution in [0.4, 0.5) is 5.69 Å². The fourth-order valence-corrected chi connectivity index (χ4v) is 4.17. The van der Waals surface area contributed by atoms with E-state index in [0.717, 1.165) is 37.3 Å². The lowest BCUT2D eigenvalue weighted by Gasteiger charge is -2.37. The highest BCUT2D eigenvalue weighted by Gasteiger charge is 2.25. The van der Waals surface area contributed by atoms with Crippen molar-refractivity contribution in [1.29, 1.82) is 0 Å². The molecule has 0 spiro atoms. The van der Waals surface area contributed by atoms with Crippen molar-refractivity contribution in [3.63, 3.8) is 0 Å². The number of carbonyl (C=O) groups excluding carboxylic acids is 2. The molecule has 6 nitrogen and oxygen atoms in total. The third-order valence-corrected chi connectivity index (χ3v) is 5.90. The predicted molar refractivity (Wildman–Crippen MR) is 114 cm³/mol. The molecule has 1 aliphatic heterocycles. The van der Waals surface area contributed by atoms with Gasteiger partial charge in [-0.2, -0.15) is 11.3 Å². The molecule has 7 heteroatoms. The summed E-state index contributed by atoms with van der Waals surface area (Å²) in [5, 5.41) is 9.71. The molecule has 0 bridgehead atoms. The molecule has 3 rings (SSSR count). The lowest BCUT2D eigenvalue weighted by molar-refractivity contribution is -0.136. The fourth-order valence-electron chi connectivity index (χ4n) is 3.46. The van der Waals surface area contributed by atoms with Gasteiger partial charge in [0.1, 0.15) is 0 Å². The van der Waals surface area contributed by atoms with Crippen LogP contribution in [0, 0.1) is 13.8 Å². The Morgan fingerprint density at radius 2 is 1.86 bits per heavy atom. The molecule has 1 aromatic carbocycles. The van der Waals surface area contributed by atoms with Gasteiger partial charge in [-0.25, -0.2) is 0 Å². The quantitative estimate of drug-likeness (QED) is 0.757. The van der Waals surface area contributed by atoms with Crippen molar-refractivity contribution in [1.82, 2.24) is 15.1 Å². The molecule has 2 amide bonds. The second-order valence-corrected chi connectivity index (χ2v) is 8.17. The van der Waals surface area contributed by atoms with Crippen molar-refractivity contribution in [2.45, 2.75) is 19.9 Å². The zero-order valence-corrected chi connectivity index (χ0v) is 17.5. The first-order valence-electron chi connectivity index (χ1n) is 9.55. The maximum Gasteiger partial charge on any atom is 0.313 e. The lowest BCUT2D eigenvalue weighted by atomic mass is 10.1. The minimum absolute atomic E-state index is 0.0813. The molecule has 150 valence electrons. The minimum Gasteiger partial charge on any atom is -0.346 e. The van der Waals surface area contributed by atoms with Crippen LogP contribution in [0.25, 0.3) is 0 Å². The average molecular weight is 401 g/mol. The third-order valence-electron chi connectivity index (χ3n) is 5.20. The summed E-state index contributed by atoms with van der Waals surface area (Å²) >= 11 is 1.65. The van der Waals surface area contributed by atoms with E-state index in [-0.39, 0.29) is 6.04 Å². The molecule has 1 aromatic heterocycles. The Labute approximate surface area is 170 Å². The monoisotopic (exact) mass is 400 g/mol. The smallest absolute Gasteiger partial charge is 0.313 e. The predicted octanol–water partition coefficient (Wildman–Crippen LogP) is 2.41. The Hall–Kier alpha value is -2.22. The van der Waals surface area contributed by atoms with E-state index in [4.69, 9.17) is 0 Å². The number of amides is 2. The van der Waals surface area contributed by atoms with E-state index in [9.17, 15) is 9.59 Å². The number of hydrogen-bond acceptors (Lipinski definition) is 5. The number of likely N-dealkylation sites (N-methyl/N-ethyl adjacent to an activating group) is 1. The fraction of sp³-hybridized carbons (Fsp3) is 0.429. The van der Waals surface area contributed by atoms with Crippen LogP contribution in [-0.2, 0) is 9.59 Å². The summed E-state index contributed by atoms with van der Waals surface area (Å²) in [5.74, 6) is -1.23. The van der Waals surface area contributed by atoms with Crippen LogP contribution in [-0.4, -0.2) is 61.4 Å². The van der Waals surface area contributed by atoms with Gasteiger partial charge in [0.2, 0.25) is 0 Å². The van der Waals surface area contributed by atoms with Gasteiger partial charge < -0.3 is 15.5 Å². The van der Waals surface area contributed by atoms with Crippen LogP contribution >= 0.6 is 11.3 Å².